The third-order valence-electron chi connectivity index (χ3n) is 4.78. The minimum atomic E-state index is 0.503. The van der Waals surface area contributed by atoms with Crippen molar-refractivity contribution in [2.45, 2.75) is 11.0 Å². The lowest BCUT2D eigenvalue weighted by Gasteiger charge is -2.06. The molecule has 0 N–H and O–H groups in total. The molecular weight excluding hydrogens is 444 g/mol. The van der Waals surface area contributed by atoms with Gasteiger partial charge in [-0.25, -0.2) is 9.97 Å². The SMILES string of the molecule is c1csc(-c2cc(-c3nnc(SCc4nc5ccccc5s4)o3)c3ccccc3n2)c1. The Balaban J connectivity index is 1.32. The summed E-state index contributed by atoms with van der Waals surface area (Å²) in [5, 5.41) is 13.2. The van der Waals surface area contributed by atoms with Crippen LogP contribution < -0.4 is 0 Å². The van der Waals surface area contributed by atoms with Crippen LogP contribution in [0.4, 0.5) is 0 Å². The minimum absolute atomic E-state index is 0.503. The Hall–Kier alpha value is -3.07. The molecule has 31 heavy (non-hydrogen) atoms. The average molecular weight is 459 g/mol. The van der Waals surface area contributed by atoms with Crippen molar-refractivity contribution in [3.8, 4) is 22.0 Å². The van der Waals surface area contributed by atoms with E-state index in [9.17, 15) is 0 Å². The lowest BCUT2D eigenvalue weighted by Crippen LogP contribution is -1.88. The van der Waals surface area contributed by atoms with E-state index in [2.05, 4.69) is 32.7 Å². The predicted molar refractivity (Wildman–Crippen MR) is 128 cm³/mol. The summed E-state index contributed by atoms with van der Waals surface area (Å²) in [6, 6.07) is 22.3. The van der Waals surface area contributed by atoms with E-state index in [-0.39, 0.29) is 0 Å². The lowest BCUT2D eigenvalue weighted by atomic mass is 10.1. The first-order valence-corrected chi connectivity index (χ1v) is 12.3. The Bertz CT molecular complexity index is 1470. The lowest BCUT2D eigenvalue weighted by molar-refractivity contribution is 0.466. The van der Waals surface area contributed by atoms with E-state index in [4.69, 9.17) is 9.40 Å². The van der Waals surface area contributed by atoms with Gasteiger partial charge in [-0.1, -0.05) is 48.2 Å². The second kappa shape index (κ2) is 7.88. The van der Waals surface area contributed by atoms with Crippen molar-refractivity contribution in [3.05, 3.63) is 77.1 Å². The van der Waals surface area contributed by atoms with Gasteiger partial charge in [0.2, 0.25) is 5.89 Å². The van der Waals surface area contributed by atoms with Gasteiger partial charge in [0.1, 0.15) is 5.01 Å². The number of benzene rings is 2. The van der Waals surface area contributed by atoms with Crippen molar-refractivity contribution < 1.29 is 4.42 Å². The van der Waals surface area contributed by atoms with Crippen LogP contribution in [0.3, 0.4) is 0 Å². The first kappa shape index (κ1) is 18.7. The molecule has 0 saturated carbocycles. The molecule has 0 saturated heterocycles. The molecule has 4 aromatic heterocycles. The van der Waals surface area contributed by atoms with Crippen LogP contribution >= 0.6 is 34.4 Å². The van der Waals surface area contributed by atoms with Gasteiger partial charge in [-0.3, -0.25) is 0 Å². The maximum atomic E-state index is 6.04. The molecular formula is C23H14N4OS3. The Morgan fingerprint density at radius 3 is 2.61 bits per heavy atom. The molecule has 0 radical (unpaired) electrons. The number of thioether (sulfide) groups is 1. The molecule has 0 unspecified atom stereocenters. The number of nitrogens with zero attached hydrogens (tertiary/aromatic N) is 4. The van der Waals surface area contributed by atoms with E-state index in [0.717, 1.165) is 37.6 Å². The van der Waals surface area contributed by atoms with Gasteiger partial charge in [0.05, 0.1) is 37.6 Å². The number of aromatic nitrogens is 4. The van der Waals surface area contributed by atoms with Crippen molar-refractivity contribution in [2.75, 3.05) is 0 Å². The maximum Gasteiger partial charge on any atom is 0.277 e. The van der Waals surface area contributed by atoms with Crippen LogP contribution in [0.1, 0.15) is 5.01 Å². The van der Waals surface area contributed by atoms with Gasteiger partial charge in [0.25, 0.3) is 5.22 Å². The number of hydrogen-bond donors (Lipinski definition) is 0. The van der Waals surface area contributed by atoms with Crippen molar-refractivity contribution in [2.24, 2.45) is 0 Å². The van der Waals surface area contributed by atoms with Crippen molar-refractivity contribution in [3.63, 3.8) is 0 Å². The molecule has 0 fully saturated rings. The summed E-state index contributed by atoms with van der Waals surface area (Å²) in [5.74, 6) is 1.20. The molecule has 0 aliphatic heterocycles. The number of para-hydroxylation sites is 2. The molecule has 0 aliphatic rings. The van der Waals surface area contributed by atoms with Crippen LogP contribution in [0.15, 0.2) is 81.8 Å². The largest absolute Gasteiger partial charge is 0.411 e. The average Bonchev–Trinajstić information content (AvgIpc) is 3.57. The minimum Gasteiger partial charge on any atom is -0.411 e. The van der Waals surface area contributed by atoms with Crippen LogP contribution in [0.5, 0.6) is 0 Å². The highest BCUT2D eigenvalue weighted by atomic mass is 32.2. The third-order valence-corrected chi connectivity index (χ3v) is 7.73. The summed E-state index contributed by atoms with van der Waals surface area (Å²) in [5.41, 5.74) is 3.74. The molecule has 2 aromatic carbocycles. The Labute approximate surface area is 189 Å². The summed E-state index contributed by atoms with van der Waals surface area (Å²) in [7, 11) is 0. The highest BCUT2D eigenvalue weighted by Crippen LogP contribution is 2.35. The van der Waals surface area contributed by atoms with Crippen LogP contribution in [-0.4, -0.2) is 20.2 Å². The topological polar surface area (TPSA) is 64.7 Å². The summed E-state index contributed by atoms with van der Waals surface area (Å²) < 4.78 is 7.23. The molecule has 150 valence electrons. The van der Waals surface area contributed by atoms with Crippen molar-refractivity contribution in [1.82, 2.24) is 20.2 Å². The van der Waals surface area contributed by atoms with Crippen LogP contribution in [0.2, 0.25) is 0 Å². The zero-order valence-corrected chi connectivity index (χ0v) is 18.5. The quantitative estimate of drug-likeness (QED) is 0.261. The van der Waals surface area contributed by atoms with Gasteiger partial charge in [0, 0.05) is 5.39 Å². The van der Waals surface area contributed by atoms with Gasteiger partial charge in [-0.05, 0) is 35.7 Å². The molecule has 0 atom stereocenters. The summed E-state index contributed by atoms with van der Waals surface area (Å²) in [6.07, 6.45) is 0. The van der Waals surface area contributed by atoms with Crippen molar-refractivity contribution in [1.29, 1.82) is 0 Å². The monoisotopic (exact) mass is 458 g/mol. The fourth-order valence-electron chi connectivity index (χ4n) is 3.38. The van der Waals surface area contributed by atoms with Gasteiger partial charge < -0.3 is 4.42 Å². The maximum absolute atomic E-state index is 6.04. The van der Waals surface area contributed by atoms with Gasteiger partial charge >= 0.3 is 0 Å². The van der Waals surface area contributed by atoms with E-state index in [1.807, 2.05) is 54.6 Å². The molecule has 5 nitrogen and oxygen atoms in total. The number of pyridine rings is 1. The van der Waals surface area contributed by atoms with Gasteiger partial charge in [-0.2, -0.15) is 0 Å². The van der Waals surface area contributed by atoms with E-state index < -0.39 is 0 Å². The van der Waals surface area contributed by atoms with E-state index in [1.54, 1.807) is 22.7 Å². The molecule has 4 heterocycles. The Morgan fingerprint density at radius 2 is 1.74 bits per heavy atom. The number of rotatable bonds is 5. The number of thiazole rings is 1. The zero-order valence-electron chi connectivity index (χ0n) is 16.1. The van der Waals surface area contributed by atoms with Crippen LogP contribution in [0.25, 0.3) is 43.1 Å². The first-order valence-electron chi connectivity index (χ1n) is 9.58. The summed E-state index contributed by atoms with van der Waals surface area (Å²) in [4.78, 5) is 10.6. The van der Waals surface area contributed by atoms with E-state index in [0.29, 0.717) is 16.9 Å². The molecule has 8 heteroatoms. The molecule has 0 aliphatic carbocycles. The second-order valence-corrected chi connectivity index (χ2v) is 9.78. The Morgan fingerprint density at radius 1 is 0.871 bits per heavy atom. The highest BCUT2D eigenvalue weighted by Gasteiger charge is 2.16. The smallest absolute Gasteiger partial charge is 0.277 e. The molecule has 6 rings (SSSR count). The normalized spacial score (nSPS) is 11.5. The third kappa shape index (κ3) is 3.63. The zero-order chi connectivity index (χ0) is 20.6. The number of fused-ring (bicyclic) bond motifs is 2. The number of hydrogen-bond acceptors (Lipinski definition) is 8. The fourth-order valence-corrected chi connectivity index (χ4v) is 5.79. The van der Waals surface area contributed by atoms with Crippen LogP contribution in [-0.2, 0) is 5.75 Å². The second-order valence-electron chi connectivity index (χ2n) is 6.79. The van der Waals surface area contributed by atoms with Crippen LogP contribution in [0, 0.1) is 0 Å². The summed E-state index contributed by atoms with van der Waals surface area (Å²) >= 11 is 4.86. The standard InChI is InChI=1S/C23H14N4OS3/c1-2-7-16-14(6-1)15(12-18(24-16)19-10-5-11-29-19)22-26-27-23(28-22)30-13-21-25-17-8-3-4-9-20(17)31-21/h1-12H,13H2. The Kier molecular flexibility index (Phi) is 4.75. The molecule has 6 aromatic rings. The predicted octanol–water partition coefficient (Wildman–Crippen LogP) is 6.92. The molecule has 0 amide bonds. The molecule has 0 bridgehead atoms. The highest BCUT2D eigenvalue weighted by molar-refractivity contribution is 7.98. The number of thiophene rings is 1. The van der Waals surface area contributed by atoms with Gasteiger partial charge in [-0.15, -0.1) is 32.9 Å². The van der Waals surface area contributed by atoms with E-state index >= 15 is 0 Å². The first-order chi connectivity index (χ1) is 15.3. The van der Waals surface area contributed by atoms with Gasteiger partial charge in [0.15, 0.2) is 0 Å². The fraction of sp³-hybridized carbons (Fsp3) is 0.0435. The summed E-state index contributed by atoms with van der Waals surface area (Å²) in [6.45, 7) is 0. The van der Waals surface area contributed by atoms with E-state index in [1.165, 1.54) is 16.5 Å². The van der Waals surface area contributed by atoms with Crippen molar-refractivity contribution >= 4 is 55.6 Å². The molecule has 0 spiro atoms.